The molecule has 1 aromatic heterocycles. The highest BCUT2D eigenvalue weighted by molar-refractivity contribution is 5.98. The molecular weight excluding hydrogens is 358 g/mol. The lowest BCUT2D eigenvalue weighted by molar-refractivity contribution is -0.913. The molecule has 2 aromatic carbocycles. The molecule has 0 spiro atoms. The van der Waals surface area contributed by atoms with Crippen LogP contribution in [0.3, 0.4) is 0 Å². The number of Topliss-reactive ketones (excluding diaryl/α,β-unsaturated/α-hetero) is 1. The number of rotatable bonds is 4. The Morgan fingerprint density at radius 3 is 2.93 bits per heavy atom. The number of hydrogen-bond acceptors (Lipinski definition) is 5. The predicted molar refractivity (Wildman–Crippen MR) is 102 cm³/mol. The molecule has 2 aliphatic heterocycles. The summed E-state index contributed by atoms with van der Waals surface area (Å²) in [6.45, 7) is 1.13. The summed E-state index contributed by atoms with van der Waals surface area (Å²) < 4.78 is 22.7. The highest BCUT2D eigenvalue weighted by Crippen LogP contribution is 2.48. The Labute approximate surface area is 162 Å². The zero-order valence-corrected chi connectivity index (χ0v) is 15.9. The van der Waals surface area contributed by atoms with Gasteiger partial charge in [0.1, 0.15) is 11.6 Å². The van der Waals surface area contributed by atoms with E-state index in [1.807, 2.05) is 36.4 Å². The fourth-order valence-electron chi connectivity index (χ4n) is 4.30. The summed E-state index contributed by atoms with van der Waals surface area (Å²) >= 11 is 0. The van der Waals surface area contributed by atoms with Gasteiger partial charge in [-0.2, -0.15) is 0 Å². The molecule has 0 amide bonds. The second-order valence-electron chi connectivity index (χ2n) is 7.39. The summed E-state index contributed by atoms with van der Waals surface area (Å²) in [5, 5.41) is 0.941. The van der Waals surface area contributed by atoms with Crippen molar-refractivity contribution in [1.29, 1.82) is 0 Å². The Morgan fingerprint density at radius 1 is 1.25 bits per heavy atom. The molecule has 1 N–H and O–H groups in total. The van der Waals surface area contributed by atoms with Crippen molar-refractivity contribution in [3.8, 4) is 17.2 Å². The lowest BCUT2D eigenvalue weighted by atomic mass is 9.88. The lowest BCUT2D eigenvalue weighted by Gasteiger charge is -2.32. The number of quaternary nitrogens is 1. The number of benzene rings is 2. The van der Waals surface area contributed by atoms with Gasteiger partial charge in [-0.3, -0.25) is 4.79 Å². The largest absolute Gasteiger partial charge is 0.492 e. The standard InChI is InChI=1S/C22H21NO5/c1-23-8-7-14-10-19-21(27-12-26-19)22(25-2)20(14)15(23)11-16(24)18-9-13-5-3-4-6-17(13)28-18/h3-6,9-10,15H,7-8,11-12H2,1-2H3/p+1/t15-/m0/s1. The Bertz CT molecular complexity index is 1040. The minimum absolute atomic E-state index is 0.00637. The second kappa shape index (κ2) is 6.56. The van der Waals surface area contributed by atoms with Crippen LogP contribution in [0.1, 0.15) is 34.1 Å². The summed E-state index contributed by atoms with van der Waals surface area (Å²) in [7, 11) is 3.75. The minimum Gasteiger partial charge on any atom is -0.492 e. The van der Waals surface area contributed by atoms with Crippen LogP contribution in [0.2, 0.25) is 0 Å². The number of ketones is 1. The van der Waals surface area contributed by atoms with Crippen molar-refractivity contribution in [2.45, 2.75) is 18.9 Å². The van der Waals surface area contributed by atoms with Gasteiger partial charge in [-0.25, -0.2) is 0 Å². The molecule has 0 fully saturated rings. The molecule has 0 saturated carbocycles. The number of furan rings is 1. The van der Waals surface area contributed by atoms with E-state index in [2.05, 4.69) is 7.05 Å². The van der Waals surface area contributed by atoms with Gasteiger partial charge in [0, 0.05) is 11.8 Å². The van der Waals surface area contributed by atoms with Crippen LogP contribution in [0.25, 0.3) is 11.0 Å². The number of hydrogen-bond donors (Lipinski definition) is 1. The first kappa shape index (κ1) is 17.1. The number of nitrogens with one attached hydrogen (secondary N) is 1. The van der Waals surface area contributed by atoms with E-state index in [1.165, 1.54) is 4.90 Å². The van der Waals surface area contributed by atoms with Crippen molar-refractivity contribution in [2.24, 2.45) is 0 Å². The highest BCUT2D eigenvalue weighted by atomic mass is 16.7. The van der Waals surface area contributed by atoms with Crippen molar-refractivity contribution in [3.63, 3.8) is 0 Å². The van der Waals surface area contributed by atoms with Crippen LogP contribution in [-0.2, 0) is 6.42 Å². The van der Waals surface area contributed by atoms with Crippen LogP contribution in [0.5, 0.6) is 17.2 Å². The van der Waals surface area contributed by atoms with Gasteiger partial charge < -0.3 is 23.5 Å². The van der Waals surface area contributed by atoms with Crippen molar-refractivity contribution >= 4 is 16.8 Å². The van der Waals surface area contributed by atoms with Gasteiger partial charge >= 0.3 is 0 Å². The molecule has 0 bridgehead atoms. The van der Waals surface area contributed by atoms with Crippen LogP contribution in [0.4, 0.5) is 0 Å². The van der Waals surface area contributed by atoms with Crippen LogP contribution >= 0.6 is 0 Å². The average Bonchev–Trinajstić information content (AvgIpc) is 3.34. The molecule has 5 rings (SSSR count). The fraction of sp³-hybridized carbons (Fsp3) is 0.318. The summed E-state index contributed by atoms with van der Waals surface area (Å²) in [4.78, 5) is 14.3. The highest BCUT2D eigenvalue weighted by Gasteiger charge is 2.38. The van der Waals surface area contributed by atoms with Crippen LogP contribution in [-0.4, -0.2) is 33.3 Å². The smallest absolute Gasteiger partial charge is 0.231 e. The third-order valence-electron chi connectivity index (χ3n) is 5.77. The first-order valence-electron chi connectivity index (χ1n) is 9.49. The molecule has 6 nitrogen and oxygen atoms in total. The first-order valence-corrected chi connectivity index (χ1v) is 9.49. The van der Waals surface area contributed by atoms with Crippen molar-refractivity contribution in [1.82, 2.24) is 0 Å². The molecule has 2 atom stereocenters. The zero-order valence-electron chi connectivity index (χ0n) is 15.9. The zero-order chi connectivity index (χ0) is 19.3. The van der Waals surface area contributed by atoms with E-state index in [9.17, 15) is 4.79 Å². The van der Waals surface area contributed by atoms with Gasteiger partial charge in [0.05, 0.1) is 32.7 Å². The minimum atomic E-state index is -0.0334. The molecule has 3 heterocycles. The maximum atomic E-state index is 13.1. The number of carbonyl (C=O) groups is 1. The van der Waals surface area contributed by atoms with Gasteiger partial charge in [-0.1, -0.05) is 18.2 Å². The van der Waals surface area contributed by atoms with E-state index in [1.54, 1.807) is 7.11 Å². The Morgan fingerprint density at radius 2 is 2.11 bits per heavy atom. The molecule has 0 aliphatic carbocycles. The molecule has 28 heavy (non-hydrogen) atoms. The SMILES string of the molecule is COc1c2c(cc3c1[C@H](CC(=O)c1cc4ccccc4o1)[NH+](C)CC3)OCO2. The molecule has 6 heteroatoms. The number of methoxy groups -OCH3 is 1. The van der Waals surface area contributed by atoms with E-state index < -0.39 is 0 Å². The summed E-state index contributed by atoms with van der Waals surface area (Å²) in [6.07, 6.45) is 1.25. The Balaban J connectivity index is 1.53. The number of fused-ring (bicyclic) bond motifs is 3. The van der Waals surface area contributed by atoms with E-state index in [4.69, 9.17) is 18.6 Å². The Kier molecular flexibility index (Phi) is 4.02. The number of likely N-dealkylation sites (N-methyl/N-ethyl adjacent to an activating group) is 1. The van der Waals surface area contributed by atoms with Crippen LogP contribution in [0, 0.1) is 0 Å². The number of carbonyl (C=O) groups excluding carboxylic acids is 1. The third kappa shape index (κ3) is 2.64. The van der Waals surface area contributed by atoms with E-state index in [0.717, 1.165) is 40.8 Å². The normalized spacial score (nSPS) is 20.2. The molecule has 2 aliphatic rings. The van der Waals surface area contributed by atoms with Crippen molar-refractivity contribution in [2.75, 3.05) is 27.5 Å². The van der Waals surface area contributed by atoms with Gasteiger partial charge in [-0.05, 0) is 23.8 Å². The van der Waals surface area contributed by atoms with Gasteiger partial charge in [-0.15, -0.1) is 0 Å². The quantitative estimate of drug-likeness (QED) is 0.705. The van der Waals surface area contributed by atoms with Crippen molar-refractivity contribution < 1.29 is 28.3 Å². The number of ether oxygens (including phenoxy) is 3. The maximum absolute atomic E-state index is 13.1. The predicted octanol–water partition coefficient (Wildman–Crippen LogP) is 2.56. The van der Waals surface area contributed by atoms with Crippen LogP contribution in [0.15, 0.2) is 40.8 Å². The van der Waals surface area contributed by atoms with Crippen LogP contribution < -0.4 is 19.1 Å². The lowest BCUT2D eigenvalue weighted by Crippen LogP contribution is -3.10. The van der Waals surface area contributed by atoms with Gasteiger partial charge in [0.15, 0.2) is 17.3 Å². The van der Waals surface area contributed by atoms with Gasteiger partial charge in [0.25, 0.3) is 0 Å². The maximum Gasteiger partial charge on any atom is 0.231 e. The van der Waals surface area contributed by atoms with Crippen molar-refractivity contribution in [3.05, 3.63) is 53.3 Å². The third-order valence-corrected chi connectivity index (χ3v) is 5.77. The monoisotopic (exact) mass is 380 g/mol. The molecule has 144 valence electrons. The summed E-state index contributed by atoms with van der Waals surface area (Å²) in [5.74, 6) is 2.44. The fourth-order valence-corrected chi connectivity index (χ4v) is 4.30. The average molecular weight is 380 g/mol. The summed E-state index contributed by atoms with van der Waals surface area (Å²) in [6, 6.07) is 11.5. The number of para-hydroxylation sites is 1. The molecular formula is C22H22NO5+. The van der Waals surface area contributed by atoms with E-state index in [0.29, 0.717) is 23.7 Å². The topological polar surface area (TPSA) is 62.3 Å². The molecule has 1 unspecified atom stereocenters. The van der Waals surface area contributed by atoms with E-state index >= 15 is 0 Å². The second-order valence-corrected chi connectivity index (χ2v) is 7.39. The van der Waals surface area contributed by atoms with E-state index in [-0.39, 0.29) is 18.6 Å². The molecule has 0 radical (unpaired) electrons. The molecule has 0 saturated heterocycles. The Hall–Kier alpha value is -2.99. The molecule has 3 aromatic rings. The van der Waals surface area contributed by atoms with Gasteiger partial charge in [0.2, 0.25) is 18.3 Å². The first-order chi connectivity index (χ1) is 13.7. The summed E-state index contributed by atoms with van der Waals surface area (Å²) in [5.41, 5.74) is 2.94.